The Morgan fingerprint density at radius 2 is 1.71 bits per heavy atom. The molecule has 18 heteroatoms. The van der Waals surface area contributed by atoms with Crippen LogP contribution in [0, 0.1) is 23.0 Å². The molecule has 3 aromatic rings. The molecule has 1 fully saturated rings. The molecule has 2 amide bonds. The van der Waals surface area contributed by atoms with Crippen LogP contribution in [0.2, 0.25) is 0 Å². The van der Waals surface area contributed by atoms with Gasteiger partial charge >= 0.3 is 12.2 Å². The van der Waals surface area contributed by atoms with Crippen LogP contribution in [0.25, 0.3) is 0 Å². The van der Waals surface area contributed by atoms with E-state index in [9.17, 15) is 18.0 Å². The summed E-state index contributed by atoms with van der Waals surface area (Å²) < 4.78 is 86.8. The van der Waals surface area contributed by atoms with Crippen LogP contribution in [0.15, 0.2) is 41.6 Å². The summed E-state index contributed by atoms with van der Waals surface area (Å²) in [5.41, 5.74) is -1.62. The molecule has 1 aliphatic rings. The summed E-state index contributed by atoms with van der Waals surface area (Å²) in [6.07, 6.45) is 1.02. The number of nitrogens with zero attached hydrogens (tertiary/aromatic N) is 4. The van der Waals surface area contributed by atoms with Crippen LogP contribution in [0.4, 0.5) is 29.2 Å². The van der Waals surface area contributed by atoms with Crippen molar-refractivity contribution in [3.63, 3.8) is 0 Å². The number of methoxy groups -OCH3 is 2. The zero-order valence-electron chi connectivity index (χ0n) is 33.9. The van der Waals surface area contributed by atoms with Gasteiger partial charge in [0.25, 0.3) is 10.0 Å². The lowest BCUT2D eigenvalue weighted by atomic mass is 9.86. The van der Waals surface area contributed by atoms with Gasteiger partial charge in [-0.25, -0.2) is 36.1 Å². The predicted molar refractivity (Wildman–Crippen MR) is 210 cm³/mol. The maximum atomic E-state index is 16.0. The Morgan fingerprint density at radius 3 is 2.30 bits per heavy atom. The van der Waals surface area contributed by atoms with Crippen molar-refractivity contribution in [2.45, 2.75) is 110 Å². The van der Waals surface area contributed by atoms with E-state index in [1.807, 2.05) is 13.8 Å². The Kier molecular flexibility index (Phi) is 13.7. The smallest absolute Gasteiger partial charge is 0.410 e. The fourth-order valence-electron chi connectivity index (χ4n) is 6.46. The SMILES string of the molecule is COc1ccc(CN(c2ncns2)S(=O)(=O)c2cc(F)c(NCC(CC3CC(C)(C)CN3C(=O)OC(C)(C)C)[C@@H](C)NC(=O)OC(C)(C)C)cc2F)c(OC)c1. The average Bonchev–Trinajstić information content (AvgIpc) is 3.72. The van der Waals surface area contributed by atoms with E-state index >= 15 is 8.78 Å². The van der Waals surface area contributed by atoms with Gasteiger partial charge in [-0.1, -0.05) is 13.8 Å². The number of carbonyl (C=O) groups excluding carboxylic acids is 2. The fourth-order valence-corrected chi connectivity index (χ4v) is 8.65. The quantitative estimate of drug-likeness (QED) is 0.165. The topological polar surface area (TPSA) is 162 Å². The highest BCUT2D eigenvalue weighted by molar-refractivity contribution is 7.93. The van der Waals surface area contributed by atoms with Crippen LogP contribution in [0.1, 0.15) is 80.7 Å². The number of carbonyl (C=O) groups is 2. The Balaban J connectivity index is 1.64. The predicted octanol–water partition coefficient (Wildman–Crippen LogP) is 7.60. The number of anilines is 2. The molecule has 1 aromatic heterocycles. The summed E-state index contributed by atoms with van der Waals surface area (Å²) in [6, 6.07) is 5.31. The summed E-state index contributed by atoms with van der Waals surface area (Å²) in [7, 11) is -1.88. The number of nitrogens with one attached hydrogen (secondary N) is 2. The number of ether oxygens (including phenoxy) is 4. The van der Waals surface area contributed by atoms with Crippen molar-refractivity contribution in [1.82, 2.24) is 19.6 Å². The zero-order chi connectivity index (χ0) is 41.8. The van der Waals surface area contributed by atoms with Crippen LogP contribution in [0.5, 0.6) is 11.5 Å². The van der Waals surface area contributed by atoms with Crippen LogP contribution in [0.3, 0.4) is 0 Å². The second-order valence-electron chi connectivity index (χ2n) is 16.6. The van der Waals surface area contributed by atoms with Gasteiger partial charge in [0.1, 0.15) is 45.6 Å². The highest BCUT2D eigenvalue weighted by atomic mass is 32.2. The summed E-state index contributed by atoms with van der Waals surface area (Å²) in [4.78, 5) is 31.0. The maximum Gasteiger partial charge on any atom is 0.410 e. The van der Waals surface area contributed by atoms with Crippen LogP contribution in [-0.4, -0.2) is 85.5 Å². The first-order valence-electron chi connectivity index (χ1n) is 18.2. The van der Waals surface area contributed by atoms with Crippen molar-refractivity contribution in [3.05, 3.63) is 53.9 Å². The van der Waals surface area contributed by atoms with Crippen molar-refractivity contribution in [1.29, 1.82) is 0 Å². The Labute approximate surface area is 332 Å². The summed E-state index contributed by atoms with van der Waals surface area (Å²) in [5.74, 6) is -1.93. The molecule has 0 aliphatic carbocycles. The third-order valence-electron chi connectivity index (χ3n) is 9.00. The van der Waals surface area contributed by atoms with Crippen molar-refractivity contribution in [2.75, 3.05) is 36.9 Å². The molecule has 56 heavy (non-hydrogen) atoms. The van der Waals surface area contributed by atoms with Gasteiger partial charge in [0.05, 0.1) is 26.5 Å². The van der Waals surface area contributed by atoms with Gasteiger partial charge < -0.3 is 34.5 Å². The summed E-state index contributed by atoms with van der Waals surface area (Å²) in [5, 5.41) is 5.71. The lowest BCUT2D eigenvalue weighted by molar-refractivity contribution is 0.0189. The van der Waals surface area contributed by atoms with Gasteiger partial charge in [-0.05, 0) is 90.8 Å². The Morgan fingerprint density at radius 1 is 1.04 bits per heavy atom. The number of hydrogen-bond donors (Lipinski definition) is 2. The molecule has 2 heterocycles. The van der Waals surface area contributed by atoms with Crippen molar-refractivity contribution >= 4 is 44.6 Å². The first kappa shape index (κ1) is 44.3. The second-order valence-corrected chi connectivity index (χ2v) is 19.2. The van der Waals surface area contributed by atoms with Crippen LogP contribution >= 0.6 is 11.5 Å². The molecule has 2 N–H and O–H groups in total. The van der Waals surface area contributed by atoms with E-state index in [0.717, 1.165) is 28.2 Å². The second kappa shape index (κ2) is 17.4. The number of sulfonamides is 1. The first-order chi connectivity index (χ1) is 25.9. The molecule has 3 atom stereocenters. The van der Waals surface area contributed by atoms with Crippen LogP contribution in [-0.2, 0) is 26.0 Å². The molecule has 0 radical (unpaired) electrons. The molecule has 310 valence electrons. The van der Waals surface area contributed by atoms with Gasteiger partial charge in [-0.2, -0.15) is 4.37 Å². The minimum absolute atomic E-state index is 0.00663. The minimum Gasteiger partial charge on any atom is -0.497 e. The summed E-state index contributed by atoms with van der Waals surface area (Å²) in [6.45, 7) is 16.5. The molecule has 14 nitrogen and oxygen atoms in total. The van der Waals surface area contributed by atoms with Crippen LogP contribution < -0.4 is 24.4 Å². The molecule has 2 aromatic carbocycles. The van der Waals surface area contributed by atoms with E-state index < -0.39 is 61.9 Å². The Bertz CT molecular complexity index is 1950. The van der Waals surface area contributed by atoms with E-state index in [2.05, 4.69) is 20.0 Å². The highest BCUT2D eigenvalue weighted by Gasteiger charge is 2.43. The van der Waals surface area contributed by atoms with Crippen molar-refractivity contribution in [2.24, 2.45) is 11.3 Å². The van der Waals surface area contributed by atoms with Gasteiger partial charge in [0.15, 0.2) is 0 Å². The first-order valence-corrected chi connectivity index (χ1v) is 20.4. The van der Waals surface area contributed by atoms with E-state index in [0.29, 0.717) is 42.5 Å². The van der Waals surface area contributed by atoms with E-state index in [1.165, 1.54) is 14.2 Å². The van der Waals surface area contributed by atoms with Gasteiger partial charge in [0, 0.05) is 54.4 Å². The largest absolute Gasteiger partial charge is 0.497 e. The van der Waals surface area contributed by atoms with Gasteiger partial charge in [-0.15, -0.1) is 0 Å². The zero-order valence-corrected chi connectivity index (χ0v) is 35.5. The number of amides is 2. The van der Waals surface area contributed by atoms with Crippen molar-refractivity contribution in [3.8, 4) is 11.5 Å². The standard InChI is InChI=1S/C38H54F2N6O8S2/c1-23(44-34(47)53-36(2,3)4)25(14-26-18-38(8,9)21-45(26)35(48)54-37(5,6)7)19-41-30-16-29(40)32(17-28(30)39)56(49,50)46(33-42-22-43-55-33)20-24-12-13-27(51-10)15-31(24)52-11/h12-13,15-17,22-23,25-26,41H,14,18-21H2,1-11H3,(H,44,47)/t23-,25?,26?/m1/s1. The molecule has 2 unspecified atom stereocenters. The summed E-state index contributed by atoms with van der Waals surface area (Å²) >= 11 is 0.764. The van der Waals surface area contributed by atoms with Gasteiger partial charge in [-0.3, -0.25) is 0 Å². The number of halogens is 2. The minimum atomic E-state index is -4.76. The molecular formula is C38H54F2N6O8S2. The lowest BCUT2D eigenvalue weighted by Gasteiger charge is -2.33. The molecule has 0 spiro atoms. The third-order valence-corrected chi connectivity index (χ3v) is 11.6. The molecule has 1 saturated heterocycles. The van der Waals surface area contributed by atoms with Crippen molar-refractivity contribution < 1.29 is 45.7 Å². The molecular weight excluding hydrogens is 771 g/mol. The molecule has 0 bridgehead atoms. The fraction of sp³-hybridized carbons (Fsp3) is 0.579. The van der Waals surface area contributed by atoms with E-state index in [1.54, 1.807) is 71.6 Å². The number of rotatable bonds is 14. The monoisotopic (exact) mass is 824 g/mol. The maximum absolute atomic E-state index is 16.0. The van der Waals surface area contributed by atoms with Gasteiger partial charge in [0.2, 0.25) is 5.13 Å². The number of aromatic nitrogens is 2. The molecule has 1 aliphatic heterocycles. The number of hydrogen-bond acceptors (Lipinski definition) is 12. The average molecular weight is 825 g/mol. The molecule has 0 saturated carbocycles. The number of alkyl carbamates (subject to hydrolysis) is 1. The van der Waals surface area contributed by atoms with E-state index in [-0.39, 0.29) is 35.4 Å². The lowest BCUT2D eigenvalue weighted by Crippen LogP contribution is -2.46. The normalized spacial score (nSPS) is 16.8. The van der Waals surface area contributed by atoms with E-state index in [4.69, 9.17) is 18.9 Å². The third kappa shape index (κ3) is 11.6. The number of benzene rings is 2. The number of likely N-dealkylation sites (tertiary alicyclic amines) is 1. The molecule has 4 rings (SSSR count). The highest BCUT2D eigenvalue weighted by Crippen LogP contribution is 2.39. The Hall–Kier alpha value is -4.45.